The molecule has 0 unspecified atom stereocenters. The molecular formula is C31H35FN4O5S. The number of aryl methyl sites for hydroxylation is 1. The Morgan fingerprint density at radius 3 is 2.55 bits per heavy atom. The van der Waals surface area contributed by atoms with Crippen LogP contribution in [0.1, 0.15) is 43.7 Å². The molecule has 0 atom stereocenters. The summed E-state index contributed by atoms with van der Waals surface area (Å²) in [5.74, 6) is 0.0906. The third-order valence-electron chi connectivity index (χ3n) is 7.42. The van der Waals surface area contributed by atoms with Crippen LogP contribution < -0.4 is 14.4 Å². The smallest absolute Gasteiger partial charge is 0.324 e. The second-order valence-corrected chi connectivity index (χ2v) is 12.2. The van der Waals surface area contributed by atoms with Crippen LogP contribution in [0.15, 0.2) is 65.8 Å². The van der Waals surface area contributed by atoms with Gasteiger partial charge in [0.25, 0.3) is 10.0 Å². The number of ether oxygens (including phenoxy) is 2. The number of urea groups is 1. The van der Waals surface area contributed by atoms with Gasteiger partial charge in [0.05, 0.1) is 24.3 Å². The number of benzene rings is 2. The average Bonchev–Trinajstić information content (AvgIpc) is 3.43. The highest BCUT2D eigenvalue weighted by molar-refractivity contribution is 7.90. The van der Waals surface area contributed by atoms with Gasteiger partial charge in [-0.1, -0.05) is 37.5 Å². The number of unbranched alkanes of at least 4 members (excludes halogenated alkanes) is 2. The fourth-order valence-electron chi connectivity index (χ4n) is 5.12. The number of nitrogens with zero attached hydrogens (tertiary/aromatic N) is 4. The van der Waals surface area contributed by atoms with Gasteiger partial charge in [0.2, 0.25) is 0 Å². The van der Waals surface area contributed by atoms with E-state index in [0.29, 0.717) is 37.3 Å². The number of amides is 2. The van der Waals surface area contributed by atoms with Crippen LogP contribution in [-0.4, -0.2) is 55.1 Å². The van der Waals surface area contributed by atoms with Gasteiger partial charge in [-0.2, -0.15) is 0 Å². The van der Waals surface area contributed by atoms with Crippen molar-refractivity contribution in [3.05, 3.63) is 77.9 Å². The highest BCUT2D eigenvalue weighted by atomic mass is 32.2. The third-order valence-corrected chi connectivity index (χ3v) is 9.10. The van der Waals surface area contributed by atoms with Crippen molar-refractivity contribution in [1.29, 1.82) is 0 Å². The topological polar surface area (TPSA) is 94.0 Å². The van der Waals surface area contributed by atoms with E-state index < -0.39 is 15.8 Å². The molecule has 1 fully saturated rings. The van der Waals surface area contributed by atoms with Gasteiger partial charge in [-0.25, -0.2) is 26.6 Å². The molecule has 222 valence electrons. The van der Waals surface area contributed by atoms with E-state index in [2.05, 4.69) is 11.9 Å². The lowest BCUT2D eigenvalue weighted by Crippen LogP contribution is -2.49. The number of rotatable bonds is 11. The SMILES string of the molecule is CCCCCOc1cc(N2CCCN(Cc3ccnc4c3ccn4S(=O)(=O)c3ccc(C)cc3)C2=O)c(F)cc1OC. The lowest BCUT2D eigenvalue weighted by atomic mass is 10.1. The van der Waals surface area contributed by atoms with Crippen LogP contribution in [0.5, 0.6) is 11.5 Å². The average molecular weight is 595 g/mol. The van der Waals surface area contributed by atoms with Crippen molar-refractivity contribution in [2.24, 2.45) is 0 Å². The summed E-state index contributed by atoms with van der Waals surface area (Å²) < 4.78 is 54.4. The first-order valence-electron chi connectivity index (χ1n) is 14.1. The zero-order valence-corrected chi connectivity index (χ0v) is 24.9. The Balaban J connectivity index is 1.40. The summed E-state index contributed by atoms with van der Waals surface area (Å²) in [5.41, 5.74) is 2.10. The van der Waals surface area contributed by atoms with E-state index in [9.17, 15) is 13.2 Å². The first kappa shape index (κ1) is 29.4. The largest absolute Gasteiger partial charge is 0.493 e. The quantitative estimate of drug-likeness (QED) is 0.194. The highest BCUT2D eigenvalue weighted by Gasteiger charge is 2.30. The first-order chi connectivity index (χ1) is 20.2. The van der Waals surface area contributed by atoms with Gasteiger partial charge in [0.15, 0.2) is 23.0 Å². The Morgan fingerprint density at radius 2 is 1.81 bits per heavy atom. The number of carbonyl (C=O) groups excluding carboxylic acids is 1. The molecule has 3 heterocycles. The van der Waals surface area contributed by atoms with Crippen molar-refractivity contribution in [3.8, 4) is 11.5 Å². The summed E-state index contributed by atoms with van der Waals surface area (Å²) in [7, 11) is -2.41. The van der Waals surface area contributed by atoms with Crippen LogP contribution >= 0.6 is 0 Å². The van der Waals surface area contributed by atoms with Gasteiger partial charge in [0, 0.05) is 49.5 Å². The maximum absolute atomic E-state index is 15.2. The Morgan fingerprint density at radius 1 is 1.02 bits per heavy atom. The molecule has 5 rings (SSSR count). The number of hydrogen-bond acceptors (Lipinski definition) is 6. The van der Waals surface area contributed by atoms with E-state index in [-0.39, 0.29) is 34.6 Å². The van der Waals surface area contributed by atoms with Crippen LogP contribution in [0.25, 0.3) is 11.0 Å². The number of carbonyl (C=O) groups is 1. The summed E-state index contributed by atoms with van der Waals surface area (Å²) in [6, 6.07) is 12.5. The number of aromatic nitrogens is 2. The van der Waals surface area contributed by atoms with Crippen LogP contribution in [0, 0.1) is 12.7 Å². The van der Waals surface area contributed by atoms with Crippen molar-refractivity contribution in [1.82, 2.24) is 13.9 Å². The van der Waals surface area contributed by atoms with Gasteiger partial charge in [-0.05, 0) is 49.6 Å². The van der Waals surface area contributed by atoms with E-state index in [4.69, 9.17) is 9.47 Å². The number of methoxy groups -OCH3 is 1. The normalized spacial score (nSPS) is 14.0. The molecule has 11 heteroatoms. The minimum absolute atomic E-state index is 0.131. The van der Waals surface area contributed by atoms with Crippen molar-refractivity contribution >= 4 is 32.8 Å². The molecule has 0 radical (unpaired) electrons. The first-order valence-corrected chi connectivity index (χ1v) is 15.5. The number of fused-ring (bicyclic) bond motifs is 1. The molecule has 2 aromatic heterocycles. The molecule has 4 aromatic rings. The summed E-state index contributed by atoms with van der Waals surface area (Å²) in [4.78, 5) is 21.2. The van der Waals surface area contributed by atoms with Gasteiger partial charge in [0.1, 0.15) is 0 Å². The predicted molar refractivity (Wildman–Crippen MR) is 159 cm³/mol. The van der Waals surface area contributed by atoms with Crippen LogP contribution in [0.4, 0.5) is 14.9 Å². The Kier molecular flexibility index (Phi) is 8.67. The monoisotopic (exact) mass is 594 g/mol. The second-order valence-electron chi connectivity index (χ2n) is 10.4. The lowest BCUT2D eigenvalue weighted by molar-refractivity contribution is 0.192. The highest BCUT2D eigenvalue weighted by Crippen LogP contribution is 2.36. The second kappa shape index (κ2) is 12.4. The molecule has 1 aliphatic rings. The Hall–Kier alpha value is -4.12. The maximum atomic E-state index is 15.2. The molecule has 0 spiro atoms. The summed E-state index contributed by atoms with van der Waals surface area (Å²) >= 11 is 0. The molecule has 42 heavy (non-hydrogen) atoms. The summed E-state index contributed by atoms with van der Waals surface area (Å²) in [6.07, 6.45) is 6.56. The molecule has 0 N–H and O–H groups in total. The van der Waals surface area contributed by atoms with E-state index in [1.165, 1.54) is 36.5 Å². The van der Waals surface area contributed by atoms with Crippen LogP contribution in [0.3, 0.4) is 0 Å². The van der Waals surface area contributed by atoms with E-state index in [0.717, 1.165) is 34.4 Å². The molecule has 9 nitrogen and oxygen atoms in total. The van der Waals surface area contributed by atoms with E-state index in [1.54, 1.807) is 41.3 Å². The number of halogens is 1. The molecule has 0 bridgehead atoms. The van der Waals surface area contributed by atoms with Crippen LogP contribution in [0.2, 0.25) is 0 Å². The molecular weight excluding hydrogens is 559 g/mol. The lowest BCUT2D eigenvalue weighted by Gasteiger charge is -2.36. The fourth-order valence-corrected chi connectivity index (χ4v) is 6.42. The Bertz CT molecular complexity index is 1690. The van der Waals surface area contributed by atoms with E-state index in [1.807, 2.05) is 6.92 Å². The van der Waals surface area contributed by atoms with Gasteiger partial charge < -0.3 is 14.4 Å². The third kappa shape index (κ3) is 5.78. The zero-order chi connectivity index (χ0) is 29.9. The van der Waals surface area contributed by atoms with Crippen molar-refractivity contribution in [3.63, 3.8) is 0 Å². The molecule has 1 saturated heterocycles. The standard InChI is InChI=1S/C31H35FN4O5S/c1-4-5-6-18-41-29-20-27(26(32)19-28(29)40-3)35-16-7-15-34(31(35)37)21-23-12-14-33-30-25(23)13-17-36(30)42(38,39)24-10-8-22(2)9-11-24/h8-14,17,19-20H,4-7,15-16,18,21H2,1-3H3. The van der Waals surface area contributed by atoms with Crippen molar-refractivity contribution in [2.75, 3.05) is 31.7 Å². The fraction of sp³-hybridized carbons (Fsp3) is 0.355. The molecule has 0 saturated carbocycles. The molecule has 2 amide bonds. The number of pyridine rings is 1. The van der Waals surface area contributed by atoms with Gasteiger partial charge >= 0.3 is 6.03 Å². The summed E-state index contributed by atoms with van der Waals surface area (Å²) in [6.45, 7) is 5.49. The van der Waals surface area contributed by atoms with Crippen LogP contribution in [-0.2, 0) is 16.6 Å². The van der Waals surface area contributed by atoms with E-state index >= 15 is 4.39 Å². The van der Waals surface area contributed by atoms with Gasteiger partial charge in [-0.15, -0.1) is 0 Å². The van der Waals surface area contributed by atoms with Crippen molar-refractivity contribution < 1.29 is 27.1 Å². The predicted octanol–water partition coefficient (Wildman–Crippen LogP) is 6.13. The Labute approximate surface area is 245 Å². The molecule has 1 aliphatic heterocycles. The van der Waals surface area contributed by atoms with Gasteiger partial charge in [-0.3, -0.25) is 4.90 Å². The number of anilines is 1. The number of hydrogen-bond donors (Lipinski definition) is 0. The molecule has 2 aromatic carbocycles. The zero-order valence-electron chi connectivity index (χ0n) is 24.0. The summed E-state index contributed by atoms with van der Waals surface area (Å²) in [5, 5.41) is 0.622. The maximum Gasteiger partial charge on any atom is 0.324 e. The minimum atomic E-state index is -3.87. The molecule has 0 aliphatic carbocycles. The minimum Gasteiger partial charge on any atom is -0.493 e. The van der Waals surface area contributed by atoms with Crippen molar-refractivity contribution in [2.45, 2.75) is 51.0 Å².